The maximum absolute atomic E-state index is 5.78. The van der Waals surface area contributed by atoms with Crippen molar-refractivity contribution < 1.29 is 4.43 Å². The van der Waals surface area contributed by atoms with Crippen molar-refractivity contribution in [1.82, 2.24) is 0 Å². The van der Waals surface area contributed by atoms with Crippen LogP contribution in [0.2, 0.25) is 0 Å². The Morgan fingerprint density at radius 3 is 2.50 bits per heavy atom. The summed E-state index contributed by atoms with van der Waals surface area (Å²) in [6.07, 6.45) is 0.979. The van der Waals surface area contributed by atoms with Crippen molar-refractivity contribution in [1.29, 1.82) is 0 Å². The molecule has 0 heterocycles. The molecule has 0 bridgehead atoms. The third kappa shape index (κ3) is 2.63. The van der Waals surface area contributed by atoms with E-state index >= 15 is 0 Å². The van der Waals surface area contributed by atoms with Crippen LogP contribution >= 0.6 is 11.6 Å². The van der Waals surface area contributed by atoms with Gasteiger partial charge in [0.2, 0.25) is 0 Å². The van der Waals surface area contributed by atoms with Crippen LogP contribution in [0.25, 0.3) is 0 Å². The molecule has 66 valence electrons. The van der Waals surface area contributed by atoms with E-state index in [0.717, 1.165) is 23.5 Å². The Kier molecular flexibility index (Phi) is 4.36. The Balaban J connectivity index is 2.68. The lowest BCUT2D eigenvalue weighted by molar-refractivity contribution is 0.354. The first-order chi connectivity index (χ1) is 5.88. The van der Waals surface area contributed by atoms with Crippen LogP contribution in [0.1, 0.15) is 11.1 Å². The van der Waals surface area contributed by atoms with Gasteiger partial charge in [-0.2, -0.15) is 0 Å². The maximum Gasteiger partial charge on any atom is 0.145 e. The summed E-state index contributed by atoms with van der Waals surface area (Å²) >= 11 is 5.78. The van der Waals surface area contributed by atoms with E-state index in [2.05, 4.69) is 12.1 Å². The second-order valence-corrected chi connectivity index (χ2v) is 3.49. The zero-order chi connectivity index (χ0) is 8.81. The van der Waals surface area contributed by atoms with E-state index in [9.17, 15) is 0 Å². The summed E-state index contributed by atoms with van der Waals surface area (Å²) in [6.45, 7) is 0.820. The second-order valence-electron chi connectivity index (χ2n) is 2.65. The molecule has 0 spiro atoms. The van der Waals surface area contributed by atoms with Crippen molar-refractivity contribution in [2.45, 2.75) is 12.3 Å². The average molecular weight is 201 g/mol. The normalized spacial score (nSPS) is 10.4. The van der Waals surface area contributed by atoms with Gasteiger partial charge in [0, 0.05) is 12.5 Å². The number of halogens is 1. The van der Waals surface area contributed by atoms with Crippen LogP contribution in [0.15, 0.2) is 24.3 Å². The van der Waals surface area contributed by atoms with Crippen LogP contribution < -0.4 is 0 Å². The minimum atomic E-state index is 0.595. The van der Waals surface area contributed by atoms with Gasteiger partial charge in [-0.05, 0) is 17.5 Å². The van der Waals surface area contributed by atoms with E-state index in [4.69, 9.17) is 16.0 Å². The molecule has 12 heavy (non-hydrogen) atoms. The predicted molar refractivity (Wildman–Crippen MR) is 55.6 cm³/mol. The van der Waals surface area contributed by atoms with Gasteiger partial charge in [0.1, 0.15) is 10.5 Å². The molecule has 0 unspecified atom stereocenters. The molecular formula is C9H13ClOSi. The first kappa shape index (κ1) is 9.77. The number of alkyl halides is 1. The van der Waals surface area contributed by atoms with Gasteiger partial charge in [0.25, 0.3) is 0 Å². The Labute approximate surface area is 81.2 Å². The monoisotopic (exact) mass is 200 g/mol. The molecule has 0 aliphatic carbocycles. The van der Waals surface area contributed by atoms with Gasteiger partial charge in [-0.25, -0.2) is 0 Å². The molecule has 1 rings (SSSR count). The van der Waals surface area contributed by atoms with Gasteiger partial charge in [-0.3, -0.25) is 0 Å². The highest BCUT2D eigenvalue weighted by Crippen LogP contribution is 2.11. The Morgan fingerprint density at radius 1 is 1.25 bits per heavy atom. The highest BCUT2D eigenvalue weighted by Gasteiger charge is 1.98. The van der Waals surface area contributed by atoms with E-state index in [-0.39, 0.29) is 0 Å². The second kappa shape index (κ2) is 5.35. The van der Waals surface area contributed by atoms with Gasteiger partial charge >= 0.3 is 0 Å². The molecule has 0 aliphatic rings. The van der Waals surface area contributed by atoms with Crippen molar-refractivity contribution >= 4 is 22.1 Å². The van der Waals surface area contributed by atoms with E-state index in [1.54, 1.807) is 0 Å². The molecule has 1 aromatic carbocycles. The quantitative estimate of drug-likeness (QED) is 0.526. The molecule has 1 nitrogen and oxygen atoms in total. The van der Waals surface area contributed by atoms with E-state index < -0.39 is 0 Å². The van der Waals surface area contributed by atoms with E-state index in [1.807, 2.05) is 12.1 Å². The zero-order valence-corrected chi connectivity index (χ0v) is 9.97. The molecule has 1 aromatic rings. The molecule has 0 aliphatic heterocycles. The number of hydrogen-bond acceptors (Lipinski definition) is 1. The van der Waals surface area contributed by atoms with Gasteiger partial charge < -0.3 is 4.43 Å². The third-order valence-corrected chi connectivity index (χ3v) is 2.53. The Hall–Kier alpha value is -0.313. The van der Waals surface area contributed by atoms with Crippen LogP contribution in [-0.4, -0.2) is 17.1 Å². The fraction of sp³-hybridized carbons (Fsp3) is 0.333. The van der Waals surface area contributed by atoms with E-state index in [1.165, 1.54) is 11.1 Å². The fourth-order valence-electron chi connectivity index (χ4n) is 1.14. The highest BCUT2D eigenvalue weighted by atomic mass is 35.5. The Morgan fingerprint density at radius 2 is 1.92 bits per heavy atom. The molecule has 0 fully saturated rings. The number of hydrogen-bond donors (Lipinski definition) is 0. The maximum atomic E-state index is 5.78. The predicted octanol–water partition coefficient (Wildman–Crippen LogP) is 1.26. The van der Waals surface area contributed by atoms with Crippen LogP contribution in [0.3, 0.4) is 0 Å². The molecule has 0 saturated heterocycles. The molecule has 0 radical (unpaired) electrons. The molecular weight excluding hydrogens is 188 g/mol. The lowest BCUT2D eigenvalue weighted by Gasteiger charge is -2.05. The van der Waals surface area contributed by atoms with Crippen molar-refractivity contribution in [3.8, 4) is 0 Å². The highest BCUT2D eigenvalue weighted by molar-refractivity contribution is 6.17. The summed E-state index contributed by atoms with van der Waals surface area (Å²) in [5, 5.41) is 0. The van der Waals surface area contributed by atoms with Gasteiger partial charge in [0.05, 0.1) is 0 Å². The van der Waals surface area contributed by atoms with Gasteiger partial charge in [0.15, 0.2) is 0 Å². The molecule has 3 heteroatoms. The molecule has 0 N–H and O–H groups in total. The number of rotatable bonds is 4. The smallest absolute Gasteiger partial charge is 0.145 e. The largest absolute Gasteiger partial charge is 0.428 e. The minimum Gasteiger partial charge on any atom is -0.428 e. The minimum absolute atomic E-state index is 0.595. The lowest BCUT2D eigenvalue weighted by atomic mass is 10.1. The summed E-state index contributed by atoms with van der Waals surface area (Å²) in [5.74, 6) is 0.595. The number of benzene rings is 1. The first-order valence-electron chi connectivity index (χ1n) is 4.00. The summed E-state index contributed by atoms with van der Waals surface area (Å²) in [4.78, 5) is 0. The summed E-state index contributed by atoms with van der Waals surface area (Å²) in [6, 6.07) is 8.23. The van der Waals surface area contributed by atoms with Crippen LogP contribution in [0, 0.1) is 0 Å². The van der Waals surface area contributed by atoms with Crippen molar-refractivity contribution in [2.24, 2.45) is 0 Å². The lowest BCUT2D eigenvalue weighted by Crippen LogP contribution is -1.98. The molecule has 0 amide bonds. The van der Waals surface area contributed by atoms with Crippen LogP contribution in [0.4, 0.5) is 0 Å². The fourth-order valence-corrected chi connectivity index (χ4v) is 1.61. The van der Waals surface area contributed by atoms with Crippen LogP contribution in [0.5, 0.6) is 0 Å². The molecule has 0 aromatic heterocycles. The van der Waals surface area contributed by atoms with Crippen molar-refractivity contribution in [3.05, 3.63) is 35.4 Å². The van der Waals surface area contributed by atoms with Crippen LogP contribution in [-0.2, 0) is 16.7 Å². The SMILES string of the molecule is [SiH3]OCCc1ccccc1CCl. The Bertz CT molecular complexity index is 240. The van der Waals surface area contributed by atoms with Crippen molar-refractivity contribution in [3.63, 3.8) is 0 Å². The standard InChI is InChI=1S/C9H13ClOSi/c10-7-9-4-2-1-3-8(9)5-6-11-12/h1-4H,5-7H2,12H3. The zero-order valence-electron chi connectivity index (χ0n) is 7.22. The average Bonchev–Trinajstić information content (AvgIpc) is 2.15. The summed E-state index contributed by atoms with van der Waals surface area (Å²) < 4.78 is 5.14. The summed E-state index contributed by atoms with van der Waals surface area (Å²) in [7, 11) is 0.816. The third-order valence-electron chi connectivity index (χ3n) is 1.84. The van der Waals surface area contributed by atoms with Gasteiger partial charge in [-0.15, -0.1) is 11.6 Å². The topological polar surface area (TPSA) is 9.23 Å². The molecule has 0 saturated carbocycles. The van der Waals surface area contributed by atoms with Gasteiger partial charge in [-0.1, -0.05) is 24.3 Å². The van der Waals surface area contributed by atoms with E-state index in [0.29, 0.717) is 5.88 Å². The van der Waals surface area contributed by atoms with Crippen molar-refractivity contribution in [2.75, 3.05) is 6.61 Å². The molecule has 0 atom stereocenters. The summed E-state index contributed by atoms with van der Waals surface area (Å²) in [5.41, 5.74) is 2.53. The first-order valence-corrected chi connectivity index (χ1v) is 5.35.